The number of aromatic nitrogens is 2. The van der Waals surface area contributed by atoms with Gasteiger partial charge in [-0.25, -0.2) is 9.97 Å². The average molecular weight is 414 g/mol. The summed E-state index contributed by atoms with van der Waals surface area (Å²) in [5, 5.41) is 7.12. The van der Waals surface area contributed by atoms with Crippen LogP contribution in [0.3, 0.4) is 0 Å². The molecule has 1 aromatic carbocycles. The zero-order valence-electron chi connectivity index (χ0n) is 16.6. The fraction of sp³-hybridized carbons (Fsp3) is 0.500. The highest BCUT2D eigenvalue weighted by atomic mass is 35.5. The number of carbonyl (C=O) groups is 1. The van der Waals surface area contributed by atoms with Crippen LogP contribution in [0.25, 0.3) is 11.4 Å². The van der Waals surface area contributed by atoms with Crippen molar-refractivity contribution in [1.82, 2.24) is 25.5 Å². The Morgan fingerprint density at radius 1 is 1.17 bits per heavy atom. The van der Waals surface area contributed by atoms with Crippen LogP contribution in [0.5, 0.6) is 0 Å². The Labute approximate surface area is 177 Å². The third kappa shape index (κ3) is 5.53. The highest BCUT2D eigenvalue weighted by Crippen LogP contribution is 2.20. The molecule has 2 N–H and O–H groups in total. The monoisotopic (exact) mass is 413 g/mol. The number of amides is 1. The Morgan fingerprint density at radius 3 is 2.69 bits per heavy atom. The number of benzene rings is 1. The highest BCUT2D eigenvalue weighted by molar-refractivity contribution is 6.30. The fourth-order valence-corrected chi connectivity index (χ4v) is 4.31. The highest BCUT2D eigenvalue weighted by Gasteiger charge is 2.24. The summed E-state index contributed by atoms with van der Waals surface area (Å²) in [6.45, 7) is 4.63. The molecule has 0 unspecified atom stereocenters. The van der Waals surface area contributed by atoms with Gasteiger partial charge in [0.05, 0.1) is 6.04 Å². The molecule has 1 amide bonds. The van der Waals surface area contributed by atoms with Crippen molar-refractivity contribution >= 4 is 17.5 Å². The van der Waals surface area contributed by atoms with Crippen LogP contribution in [-0.4, -0.2) is 53.0 Å². The van der Waals surface area contributed by atoms with Crippen LogP contribution < -0.4 is 10.6 Å². The maximum Gasteiger partial charge on any atom is 0.237 e. The molecule has 1 aromatic heterocycles. The van der Waals surface area contributed by atoms with Gasteiger partial charge in [0.15, 0.2) is 5.82 Å². The summed E-state index contributed by atoms with van der Waals surface area (Å²) in [4.78, 5) is 23.7. The zero-order valence-corrected chi connectivity index (χ0v) is 17.4. The molecule has 2 saturated heterocycles. The van der Waals surface area contributed by atoms with Gasteiger partial charge in [-0.2, -0.15) is 0 Å². The van der Waals surface area contributed by atoms with Crippen molar-refractivity contribution in [2.45, 2.75) is 38.3 Å². The third-order valence-corrected chi connectivity index (χ3v) is 6.01. The number of nitrogens with zero attached hydrogens (tertiary/aromatic N) is 3. The van der Waals surface area contributed by atoms with Crippen LogP contribution in [0.15, 0.2) is 36.7 Å². The minimum Gasteiger partial charge on any atom is -0.354 e. The van der Waals surface area contributed by atoms with Crippen LogP contribution in [0.1, 0.15) is 31.2 Å². The molecule has 0 radical (unpaired) electrons. The van der Waals surface area contributed by atoms with Gasteiger partial charge in [-0.05, 0) is 69.0 Å². The van der Waals surface area contributed by atoms with Crippen molar-refractivity contribution < 1.29 is 4.79 Å². The van der Waals surface area contributed by atoms with E-state index in [0.717, 1.165) is 63.1 Å². The van der Waals surface area contributed by atoms with Crippen LogP contribution in [0, 0.1) is 5.92 Å². The van der Waals surface area contributed by atoms with E-state index >= 15 is 0 Å². The fourth-order valence-electron chi connectivity index (χ4n) is 4.18. The molecule has 2 fully saturated rings. The molecule has 0 spiro atoms. The van der Waals surface area contributed by atoms with Gasteiger partial charge in [-0.15, -0.1) is 0 Å². The predicted octanol–water partition coefficient (Wildman–Crippen LogP) is 2.88. The lowest BCUT2D eigenvalue weighted by Gasteiger charge is -2.32. The van der Waals surface area contributed by atoms with Crippen molar-refractivity contribution in [3.8, 4) is 11.4 Å². The molecule has 2 aromatic rings. The molecule has 154 valence electrons. The number of rotatable bonds is 6. The van der Waals surface area contributed by atoms with Crippen molar-refractivity contribution in [2.75, 3.05) is 26.2 Å². The van der Waals surface area contributed by atoms with Crippen molar-refractivity contribution in [3.63, 3.8) is 0 Å². The number of nitrogens with one attached hydrogen (secondary N) is 2. The first-order valence-corrected chi connectivity index (χ1v) is 10.9. The van der Waals surface area contributed by atoms with Crippen molar-refractivity contribution in [1.29, 1.82) is 0 Å². The largest absolute Gasteiger partial charge is 0.354 e. The second-order valence-electron chi connectivity index (χ2n) is 8.06. The van der Waals surface area contributed by atoms with E-state index in [4.69, 9.17) is 11.6 Å². The number of carbonyl (C=O) groups excluding carboxylic acids is 1. The average Bonchev–Trinajstić information content (AvgIpc) is 3.29. The topological polar surface area (TPSA) is 70.2 Å². The summed E-state index contributed by atoms with van der Waals surface area (Å²) in [6, 6.07) is 7.57. The Morgan fingerprint density at radius 2 is 1.97 bits per heavy atom. The van der Waals surface area contributed by atoms with Gasteiger partial charge in [-0.1, -0.05) is 11.6 Å². The lowest BCUT2D eigenvalue weighted by Crippen LogP contribution is -2.45. The smallest absolute Gasteiger partial charge is 0.237 e. The number of hydrogen-bond donors (Lipinski definition) is 2. The van der Waals surface area contributed by atoms with Crippen molar-refractivity contribution in [3.05, 3.63) is 47.2 Å². The maximum atomic E-state index is 12.2. The lowest BCUT2D eigenvalue weighted by atomic mass is 9.97. The van der Waals surface area contributed by atoms with Crippen LogP contribution in [0.4, 0.5) is 0 Å². The van der Waals surface area contributed by atoms with Crippen LogP contribution in [-0.2, 0) is 11.3 Å². The lowest BCUT2D eigenvalue weighted by molar-refractivity contribution is -0.123. The first-order chi connectivity index (χ1) is 14.2. The Balaban J connectivity index is 1.27. The van der Waals surface area contributed by atoms with E-state index in [9.17, 15) is 4.79 Å². The van der Waals surface area contributed by atoms with Gasteiger partial charge in [0.2, 0.25) is 5.91 Å². The van der Waals surface area contributed by atoms with Gasteiger partial charge >= 0.3 is 0 Å². The van der Waals surface area contributed by atoms with Gasteiger partial charge in [0.1, 0.15) is 0 Å². The van der Waals surface area contributed by atoms with E-state index < -0.39 is 0 Å². The van der Waals surface area contributed by atoms with Gasteiger partial charge < -0.3 is 10.6 Å². The molecule has 0 bridgehead atoms. The molecule has 3 heterocycles. The van der Waals surface area contributed by atoms with Gasteiger partial charge in [-0.3, -0.25) is 9.69 Å². The second-order valence-corrected chi connectivity index (χ2v) is 8.50. The maximum absolute atomic E-state index is 12.2. The number of piperidine rings is 1. The summed E-state index contributed by atoms with van der Waals surface area (Å²) in [5.41, 5.74) is 2.08. The first-order valence-electron chi connectivity index (χ1n) is 10.5. The van der Waals surface area contributed by atoms with Crippen LogP contribution >= 0.6 is 11.6 Å². The summed E-state index contributed by atoms with van der Waals surface area (Å²) in [5.74, 6) is 1.37. The van der Waals surface area contributed by atoms with Crippen LogP contribution in [0.2, 0.25) is 5.02 Å². The molecule has 6 nitrogen and oxygen atoms in total. The summed E-state index contributed by atoms with van der Waals surface area (Å²) < 4.78 is 0. The third-order valence-electron chi connectivity index (χ3n) is 5.76. The van der Waals surface area contributed by atoms with E-state index in [-0.39, 0.29) is 11.9 Å². The molecule has 2 aliphatic rings. The number of halogens is 1. The minimum atomic E-state index is 0.00555. The van der Waals surface area contributed by atoms with Gasteiger partial charge in [0, 0.05) is 48.2 Å². The normalized spacial score (nSPS) is 22.5. The van der Waals surface area contributed by atoms with Crippen molar-refractivity contribution in [2.24, 2.45) is 5.92 Å². The summed E-state index contributed by atoms with van der Waals surface area (Å²) in [6.07, 6.45) is 8.19. The molecular formula is C22H28ClN5O. The number of hydrogen-bond acceptors (Lipinski definition) is 5. The molecule has 29 heavy (non-hydrogen) atoms. The quantitative estimate of drug-likeness (QED) is 0.762. The minimum absolute atomic E-state index is 0.00555. The van der Waals surface area contributed by atoms with E-state index in [0.29, 0.717) is 16.8 Å². The second kappa shape index (κ2) is 9.65. The zero-order chi connectivity index (χ0) is 20.1. The SMILES string of the molecule is O=C(NC[C@@H]1CCCN(Cc2cnc(-c3ccc(Cl)cc3)nc2)C1)[C@@H]1CCCN1. The summed E-state index contributed by atoms with van der Waals surface area (Å²) in [7, 11) is 0. The van der Waals surface area contributed by atoms with E-state index in [2.05, 4.69) is 25.5 Å². The van der Waals surface area contributed by atoms with E-state index in [1.165, 1.54) is 6.42 Å². The van der Waals surface area contributed by atoms with E-state index in [1.807, 2.05) is 36.7 Å². The molecule has 0 saturated carbocycles. The predicted molar refractivity (Wildman–Crippen MR) is 115 cm³/mol. The Hall–Kier alpha value is -2.02. The molecular weight excluding hydrogens is 386 g/mol. The molecule has 0 aliphatic carbocycles. The standard InChI is InChI=1S/C22H28ClN5O/c23-19-7-5-18(6-8-19)21-25-12-17(13-26-21)15-28-10-2-3-16(14-28)11-27-22(29)20-4-1-9-24-20/h5-8,12-13,16,20,24H,1-4,9-11,14-15H2,(H,27,29)/t16-,20-/m0/s1. The molecule has 7 heteroatoms. The first kappa shape index (κ1) is 20.3. The Kier molecular flexibility index (Phi) is 6.74. The molecule has 2 aliphatic heterocycles. The number of likely N-dealkylation sites (tertiary alicyclic amines) is 1. The summed E-state index contributed by atoms with van der Waals surface area (Å²) >= 11 is 5.94. The molecule has 2 atom stereocenters. The Bertz CT molecular complexity index is 805. The molecule has 4 rings (SSSR count). The van der Waals surface area contributed by atoms with E-state index in [1.54, 1.807) is 0 Å². The van der Waals surface area contributed by atoms with Gasteiger partial charge in [0.25, 0.3) is 0 Å².